The van der Waals surface area contributed by atoms with Crippen molar-refractivity contribution in [1.29, 1.82) is 0 Å². The number of hydrogen-bond donors (Lipinski definition) is 2. The Bertz CT molecular complexity index is 768. The maximum atomic E-state index is 13.0. The van der Waals surface area contributed by atoms with E-state index >= 15 is 0 Å². The number of piperazine rings is 1. The van der Waals surface area contributed by atoms with Crippen molar-refractivity contribution < 1.29 is 4.79 Å². The van der Waals surface area contributed by atoms with Crippen molar-refractivity contribution in [2.24, 2.45) is 0 Å². The fourth-order valence-electron chi connectivity index (χ4n) is 3.07. The molecule has 1 fully saturated rings. The van der Waals surface area contributed by atoms with E-state index in [4.69, 9.17) is 0 Å². The number of pyridine rings is 1. The van der Waals surface area contributed by atoms with Crippen LogP contribution in [-0.2, 0) is 0 Å². The zero-order valence-corrected chi connectivity index (χ0v) is 14.1. The molecule has 0 radical (unpaired) electrons. The van der Waals surface area contributed by atoms with E-state index in [0.717, 1.165) is 17.8 Å². The van der Waals surface area contributed by atoms with Gasteiger partial charge in [0.25, 0.3) is 11.5 Å². The van der Waals surface area contributed by atoms with Crippen LogP contribution in [0.15, 0.2) is 47.3 Å². The predicted molar refractivity (Wildman–Crippen MR) is 94.2 cm³/mol. The summed E-state index contributed by atoms with van der Waals surface area (Å²) in [6, 6.07) is 13.4. The van der Waals surface area contributed by atoms with Gasteiger partial charge in [0.15, 0.2) is 0 Å². The number of aromatic nitrogens is 1. The molecule has 2 heterocycles. The number of carbonyl (C=O) groups is 1. The van der Waals surface area contributed by atoms with E-state index in [1.54, 1.807) is 11.0 Å². The van der Waals surface area contributed by atoms with Gasteiger partial charge >= 0.3 is 0 Å². The largest absolute Gasteiger partial charge is 0.329 e. The van der Waals surface area contributed by atoms with Gasteiger partial charge in [-0.3, -0.25) is 9.59 Å². The Morgan fingerprint density at radius 1 is 1.17 bits per heavy atom. The fourth-order valence-corrected chi connectivity index (χ4v) is 3.07. The number of hydrogen-bond acceptors (Lipinski definition) is 3. The lowest BCUT2D eigenvalue weighted by atomic mass is 10.0. The van der Waals surface area contributed by atoms with Gasteiger partial charge in [-0.25, -0.2) is 0 Å². The van der Waals surface area contributed by atoms with Crippen LogP contribution >= 0.6 is 0 Å². The highest BCUT2D eigenvalue weighted by molar-refractivity contribution is 5.94. The molecule has 1 amide bonds. The normalized spacial score (nSPS) is 18.0. The Labute approximate surface area is 141 Å². The number of carbonyl (C=O) groups excluding carboxylic acids is 1. The number of nitrogens with one attached hydrogen (secondary N) is 2. The lowest BCUT2D eigenvalue weighted by Crippen LogP contribution is -2.49. The number of amides is 1. The van der Waals surface area contributed by atoms with E-state index in [1.165, 1.54) is 0 Å². The number of rotatable bonds is 3. The first-order chi connectivity index (χ1) is 11.6. The monoisotopic (exact) mass is 325 g/mol. The van der Waals surface area contributed by atoms with Gasteiger partial charge in [-0.15, -0.1) is 0 Å². The minimum absolute atomic E-state index is 0.0587. The Hall–Kier alpha value is -2.40. The van der Waals surface area contributed by atoms with E-state index in [2.05, 4.69) is 10.3 Å². The highest BCUT2D eigenvalue weighted by Gasteiger charge is 2.29. The Morgan fingerprint density at radius 2 is 1.92 bits per heavy atom. The van der Waals surface area contributed by atoms with Crippen LogP contribution in [-0.4, -0.2) is 35.4 Å². The van der Waals surface area contributed by atoms with Crippen molar-refractivity contribution in [3.8, 4) is 0 Å². The van der Waals surface area contributed by atoms with Gasteiger partial charge in [0, 0.05) is 25.3 Å². The van der Waals surface area contributed by atoms with Crippen molar-refractivity contribution in [2.45, 2.75) is 25.8 Å². The topological polar surface area (TPSA) is 65.2 Å². The SMILES string of the molecule is CC(C)c1ccc(C(=O)N2CCNC[C@H]2c2ccccc2)c(=O)[nH]1. The summed E-state index contributed by atoms with van der Waals surface area (Å²) in [5, 5.41) is 3.33. The minimum atomic E-state index is -0.309. The van der Waals surface area contributed by atoms with Gasteiger partial charge in [-0.1, -0.05) is 44.2 Å². The third-order valence-corrected chi connectivity index (χ3v) is 4.47. The van der Waals surface area contributed by atoms with Crippen LogP contribution in [0.1, 0.15) is 47.4 Å². The standard InChI is InChI=1S/C19H23N3O2/c1-13(2)16-9-8-15(18(23)21-16)19(24)22-11-10-20-12-17(22)14-6-4-3-5-7-14/h3-9,13,17,20H,10-12H2,1-2H3,(H,21,23)/t17-/m0/s1. The number of H-pyrrole nitrogens is 1. The summed E-state index contributed by atoms with van der Waals surface area (Å²) in [4.78, 5) is 29.9. The van der Waals surface area contributed by atoms with E-state index in [1.807, 2.05) is 50.2 Å². The van der Waals surface area contributed by atoms with Crippen molar-refractivity contribution in [2.75, 3.05) is 19.6 Å². The molecule has 126 valence electrons. The van der Waals surface area contributed by atoms with Crippen molar-refractivity contribution in [3.05, 3.63) is 69.6 Å². The lowest BCUT2D eigenvalue weighted by Gasteiger charge is -2.36. The summed E-state index contributed by atoms with van der Waals surface area (Å²) >= 11 is 0. The van der Waals surface area contributed by atoms with Crippen LogP contribution in [0.3, 0.4) is 0 Å². The molecule has 3 rings (SSSR count). The van der Waals surface area contributed by atoms with E-state index < -0.39 is 0 Å². The molecule has 0 aliphatic carbocycles. The molecule has 1 aliphatic rings. The molecule has 1 saturated heterocycles. The predicted octanol–water partition coefficient (Wildman–Crippen LogP) is 2.29. The zero-order chi connectivity index (χ0) is 17.1. The molecule has 1 aromatic carbocycles. The summed E-state index contributed by atoms with van der Waals surface area (Å²) < 4.78 is 0. The Balaban J connectivity index is 1.91. The van der Waals surface area contributed by atoms with Crippen molar-refractivity contribution in [1.82, 2.24) is 15.2 Å². The molecule has 24 heavy (non-hydrogen) atoms. The highest BCUT2D eigenvalue weighted by atomic mass is 16.2. The van der Waals surface area contributed by atoms with E-state index in [0.29, 0.717) is 13.1 Å². The second-order valence-corrected chi connectivity index (χ2v) is 6.44. The van der Waals surface area contributed by atoms with Crippen molar-refractivity contribution >= 4 is 5.91 Å². The molecule has 5 heteroatoms. The molecule has 1 aromatic heterocycles. The van der Waals surface area contributed by atoms with Crippen molar-refractivity contribution in [3.63, 3.8) is 0 Å². The second kappa shape index (κ2) is 7.01. The Kier molecular flexibility index (Phi) is 4.81. The fraction of sp³-hybridized carbons (Fsp3) is 0.368. The van der Waals surface area contributed by atoms with Crippen LogP contribution in [0, 0.1) is 0 Å². The third-order valence-electron chi connectivity index (χ3n) is 4.47. The molecule has 2 N–H and O–H groups in total. The molecule has 5 nitrogen and oxygen atoms in total. The molecule has 2 aromatic rings. The number of aromatic amines is 1. The summed E-state index contributed by atoms with van der Waals surface area (Å²) in [6.07, 6.45) is 0. The average Bonchev–Trinajstić information content (AvgIpc) is 2.61. The number of nitrogens with zero attached hydrogens (tertiary/aromatic N) is 1. The second-order valence-electron chi connectivity index (χ2n) is 6.44. The molecule has 0 saturated carbocycles. The van der Waals surface area contributed by atoms with Gasteiger partial charge in [-0.2, -0.15) is 0 Å². The maximum absolute atomic E-state index is 13.0. The van der Waals surface area contributed by atoms with Crippen LogP contribution < -0.4 is 10.9 Å². The molecular weight excluding hydrogens is 302 g/mol. The van der Waals surface area contributed by atoms with Crippen LogP contribution in [0.5, 0.6) is 0 Å². The highest BCUT2D eigenvalue weighted by Crippen LogP contribution is 2.23. The number of benzene rings is 1. The summed E-state index contributed by atoms with van der Waals surface area (Å²) in [7, 11) is 0. The van der Waals surface area contributed by atoms with Crippen LogP contribution in [0.4, 0.5) is 0 Å². The minimum Gasteiger partial charge on any atom is -0.329 e. The summed E-state index contributed by atoms with van der Waals surface area (Å²) in [5.74, 6) is 0.0139. The molecule has 0 bridgehead atoms. The Morgan fingerprint density at radius 3 is 2.58 bits per heavy atom. The average molecular weight is 325 g/mol. The van der Waals surface area contributed by atoms with E-state index in [9.17, 15) is 9.59 Å². The van der Waals surface area contributed by atoms with Crippen LogP contribution in [0.2, 0.25) is 0 Å². The van der Waals surface area contributed by atoms with Crippen LogP contribution in [0.25, 0.3) is 0 Å². The zero-order valence-electron chi connectivity index (χ0n) is 14.1. The van der Waals surface area contributed by atoms with Gasteiger partial charge < -0.3 is 15.2 Å². The molecule has 0 unspecified atom stereocenters. The summed E-state index contributed by atoms with van der Waals surface area (Å²) in [5.41, 5.74) is 1.82. The quantitative estimate of drug-likeness (QED) is 0.910. The first kappa shape index (κ1) is 16.5. The third kappa shape index (κ3) is 3.26. The van der Waals surface area contributed by atoms with Gasteiger partial charge in [0.1, 0.15) is 5.56 Å². The van der Waals surface area contributed by atoms with Gasteiger partial charge in [-0.05, 0) is 23.6 Å². The smallest absolute Gasteiger partial charge is 0.261 e. The molecule has 0 spiro atoms. The first-order valence-electron chi connectivity index (χ1n) is 8.38. The van der Waals surface area contributed by atoms with E-state index in [-0.39, 0.29) is 29.0 Å². The maximum Gasteiger partial charge on any atom is 0.261 e. The summed E-state index contributed by atoms with van der Waals surface area (Å²) in [6.45, 7) is 6.03. The molecule has 1 atom stereocenters. The lowest BCUT2D eigenvalue weighted by molar-refractivity contribution is 0.0632. The first-order valence-corrected chi connectivity index (χ1v) is 8.38. The molecule has 1 aliphatic heterocycles. The van der Waals surface area contributed by atoms with Gasteiger partial charge in [0.05, 0.1) is 6.04 Å². The molecular formula is C19H23N3O2. The van der Waals surface area contributed by atoms with Gasteiger partial charge in [0.2, 0.25) is 0 Å².